The van der Waals surface area contributed by atoms with Crippen molar-refractivity contribution in [2.75, 3.05) is 6.54 Å². The maximum absolute atomic E-state index is 13.8. The van der Waals surface area contributed by atoms with Crippen molar-refractivity contribution in [3.63, 3.8) is 0 Å². The molecule has 1 saturated heterocycles. The highest BCUT2D eigenvalue weighted by atomic mass is 79.9. The number of carbonyl (C=O) groups is 3. The Labute approximate surface area is 116 Å². The minimum Gasteiger partial charge on any atom is -0.317 e. The molecule has 7 heteroatoms. The lowest BCUT2D eigenvalue weighted by Gasteiger charge is -2.31. The van der Waals surface area contributed by atoms with Crippen LogP contribution in [0.1, 0.15) is 17.3 Å². The van der Waals surface area contributed by atoms with Crippen LogP contribution in [0.25, 0.3) is 0 Å². The van der Waals surface area contributed by atoms with E-state index < -0.39 is 29.6 Å². The van der Waals surface area contributed by atoms with Gasteiger partial charge in [0.05, 0.1) is 10.0 Å². The van der Waals surface area contributed by atoms with Crippen molar-refractivity contribution in [2.24, 2.45) is 0 Å². The summed E-state index contributed by atoms with van der Waals surface area (Å²) < 4.78 is 14.0. The number of nitrogens with one attached hydrogen (secondary N) is 1. The smallest absolute Gasteiger partial charge is 0.258 e. The first-order valence-electron chi connectivity index (χ1n) is 5.50. The number of imide groups is 1. The van der Waals surface area contributed by atoms with E-state index in [-0.39, 0.29) is 16.6 Å². The Morgan fingerprint density at radius 3 is 2.84 bits per heavy atom. The van der Waals surface area contributed by atoms with Gasteiger partial charge in [0.2, 0.25) is 11.8 Å². The third-order valence-corrected chi connectivity index (χ3v) is 3.48. The van der Waals surface area contributed by atoms with Gasteiger partial charge in [-0.25, -0.2) is 4.39 Å². The summed E-state index contributed by atoms with van der Waals surface area (Å²) in [7, 11) is 0. The summed E-state index contributed by atoms with van der Waals surface area (Å²) >= 11 is 2.99. The molecule has 19 heavy (non-hydrogen) atoms. The molecule has 5 nitrogen and oxygen atoms in total. The molecular weight excluding hydrogens is 319 g/mol. The van der Waals surface area contributed by atoms with Crippen LogP contribution >= 0.6 is 15.9 Å². The van der Waals surface area contributed by atoms with Crippen LogP contribution in [-0.4, -0.2) is 35.2 Å². The lowest BCUT2D eigenvalue weighted by atomic mass is 10.1. The quantitative estimate of drug-likeness (QED) is 0.784. The lowest BCUT2D eigenvalue weighted by molar-refractivity contribution is -0.138. The molecule has 1 aliphatic heterocycles. The van der Waals surface area contributed by atoms with Crippen molar-refractivity contribution < 1.29 is 18.8 Å². The van der Waals surface area contributed by atoms with Crippen LogP contribution in [-0.2, 0) is 9.59 Å². The predicted molar refractivity (Wildman–Crippen MR) is 67.7 cm³/mol. The Morgan fingerprint density at radius 2 is 2.16 bits per heavy atom. The summed E-state index contributed by atoms with van der Waals surface area (Å²) in [5.41, 5.74) is -0.177. The van der Waals surface area contributed by atoms with Crippen LogP contribution in [0.5, 0.6) is 0 Å². The highest BCUT2D eigenvalue weighted by Gasteiger charge is 2.35. The first-order valence-corrected chi connectivity index (χ1v) is 6.29. The van der Waals surface area contributed by atoms with Crippen molar-refractivity contribution in [3.05, 3.63) is 34.1 Å². The van der Waals surface area contributed by atoms with Gasteiger partial charge in [0.25, 0.3) is 5.91 Å². The van der Waals surface area contributed by atoms with Crippen molar-refractivity contribution in [2.45, 2.75) is 13.0 Å². The first kappa shape index (κ1) is 13.7. The van der Waals surface area contributed by atoms with Crippen molar-refractivity contribution in [3.8, 4) is 0 Å². The Bertz CT molecular complexity index is 576. The largest absolute Gasteiger partial charge is 0.317 e. The molecule has 0 radical (unpaired) electrons. The van der Waals surface area contributed by atoms with E-state index in [0.29, 0.717) is 0 Å². The number of hydrogen-bond donors (Lipinski definition) is 1. The van der Waals surface area contributed by atoms with Gasteiger partial charge in [0.1, 0.15) is 18.4 Å². The fourth-order valence-corrected chi connectivity index (χ4v) is 2.15. The summed E-state index contributed by atoms with van der Waals surface area (Å²) in [6, 6.07) is 3.47. The summed E-state index contributed by atoms with van der Waals surface area (Å²) in [5, 5.41) is 2.12. The highest BCUT2D eigenvalue weighted by Crippen LogP contribution is 2.21. The van der Waals surface area contributed by atoms with E-state index in [9.17, 15) is 18.8 Å². The second-order valence-electron chi connectivity index (χ2n) is 4.12. The molecule has 0 aromatic heterocycles. The highest BCUT2D eigenvalue weighted by molar-refractivity contribution is 9.10. The standard InChI is InChI=1S/C12H10BrFN2O3/c1-6-11(18)15-9(17)5-16(6)12(19)7-3-2-4-8(13)10(7)14/h2-4,6H,5H2,1H3,(H,15,17,18). The van der Waals surface area contributed by atoms with Gasteiger partial charge in [0, 0.05) is 0 Å². The molecule has 1 N–H and O–H groups in total. The molecule has 1 aromatic rings. The molecular formula is C12H10BrFN2O3. The number of benzene rings is 1. The Balaban J connectivity index is 2.35. The molecule has 0 spiro atoms. The lowest BCUT2D eigenvalue weighted by Crippen LogP contribution is -2.58. The minimum absolute atomic E-state index is 0.152. The van der Waals surface area contributed by atoms with E-state index in [1.807, 2.05) is 0 Å². The maximum atomic E-state index is 13.8. The molecule has 1 heterocycles. The average molecular weight is 329 g/mol. The van der Waals surface area contributed by atoms with Crippen molar-refractivity contribution in [1.82, 2.24) is 10.2 Å². The molecule has 1 aromatic carbocycles. The van der Waals surface area contributed by atoms with E-state index in [4.69, 9.17) is 0 Å². The molecule has 0 bridgehead atoms. The molecule has 1 atom stereocenters. The number of hydrogen-bond acceptors (Lipinski definition) is 3. The number of rotatable bonds is 1. The normalized spacial score (nSPS) is 19.3. The van der Waals surface area contributed by atoms with Crippen molar-refractivity contribution in [1.29, 1.82) is 0 Å². The predicted octanol–water partition coefficient (Wildman–Crippen LogP) is 1.08. The van der Waals surface area contributed by atoms with Crippen molar-refractivity contribution >= 4 is 33.7 Å². The number of halogens is 2. The van der Waals surface area contributed by atoms with E-state index in [1.165, 1.54) is 25.1 Å². The Kier molecular flexibility index (Phi) is 3.66. The third kappa shape index (κ3) is 2.51. The molecule has 0 aliphatic carbocycles. The molecule has 100 valence electrons. The third-order valence-electron chi connectivity index (χ3n) is 2.87. The van der Waals surface area contributed by atoms with Gasteiger partial charge in [-0.2, -0.15) is 0 Å². The number of piperazine rings is 1. The second-order valence-corrected chi connectivity index (χ2v) is 4.98. The van der Waals surface area contributed by atoms with Crippen LogP contribution in [0.4, 0.5) is 4.39 Å². The molecule has 3 amide bonds. The number of nitrogens with zero attached hydrogens (tertiary/aromatic N) is 1. The monoisotopic (exact) mass is 328 g/mol. The SMILES string of the molecule is CC1C(=O)NC(=O)CN1C(=O)c1cccc(Br)c1F. The summed E-state index contributed by atoms with van der Waals surface area (Å²) in [4.78, 5) is 36.0. The Morgan fingerprint density at radius 1 is 1.47 bits per heavy atom. The minimum atomic E-state index is -0.816. The van der Waals surface area contributed by atoms with Crippen LogP contribution in [0.3, 0.4) is 0 Å². The van der Waals surface area contributed by atoms with E-state index in [1.54, 1.807) is 0 Å². The maximum Gasteiger partial charge on any atom is 0.258 e. The van der Waals surface area contributed by atoms with Crippen LogP contribution in [0, 0.1) is 5.82 Å². The second kappa shape index (κ2) is 5.08. The molecule has 2 rings (SSSR count). The summed E-state index contributed by atoms with van der Waals surface area (Å²) in [6.45, 7) is 1.22. The zero-order chi connectivity index (χ0) is 14.2. The zero-order valence-electron chi connectivity index (χ0n) is 9.94. The molecule has 0 saturated carbocycles. The fourth-order valence-electron chi connectivity index (χ4n) is 1.79. The summed E-state index contributed by atoms with van der Waals surface area (Å²) in [6.07, 6.45) is 0. The van der Waals surface area contributed by atoms with Gasteiger partial charge in [-0.15, -0.1) is 0 Å². The average Bonchev–Trinajstić information content (AvgIpc) is 2.36. The molecule has 1 fully saturated rings. The fraction of sp³-hybridized carbons (Fsp3) is 0.250. The summed E-state index contributed by atoms with van der Waals surface area (Å²) in [5.74, 6) is -2.54. The van der Waals surface area contributed by atoms with Gasteiger partial charge >= 0.3 is 0 Å². The topological polar surface area (TPSA) is 66.5 Å². The number of amides is 3. The van der Waals surface area contributed by atoms with Crippen LogP contribution in [0.15, 0.2) is 22.7 Å². The van der Waals surface area contributed by atoms with Gasteiger partial charge in [0.15, 0.2) is 0 Å². The van der Waals surface area contributed by atoms with E-state index >= 15 is 0 Å². The van der Waals surface area contributed by atoms with Gasteiger partial charge in [-0.1, -0.05) is 6.07 Å². The molecule has 1 aliphatic rings. The van der Waals surface area contributed by atoms with Gasteiger partial charge < -0.3 is 4.90 Å². The van der Waals surface area contributed by atoms with E-state index in [0.717, 1.165) is 4.90 Å². The first-order chi connectivity index (χ1) is 8.91. The molecule has 1 unspecified atom stereocenters. The van der Waals surface area contributed by atoms with Crippen LogP contribution < -0.4 is 5.32 Å². The zero-order valence-corrected chi connectivity index (χ0v) is 11.5. The Hall–Kier alpha value is -1.76. The van der Waals surface area contributed by atoms with Crippen LogP contribution in [0.2, 0.25) is 0 Å². The van der Waals surface area contributed by atoms with Gasteiger partial charge in [-0.3, -0.25) is 19.7 Å². The van der Waals surface area contributed by atoms with E-state index in [2.05, 4.69) is 21.2 Å². The number of carbonyl (C=O) groups excluding carboxylic acids is 3. The van der Waals surface area contributed by atoms with Gasteiger partial charge in [-0.05, 0) is 35.0 Å².